The molecule has 0 fully saturated rings. The molecule has 0 aliphatic carbocycles. The minimum absolute atomic E-state index is 0.248. The third-order valence-corrected chi connectivity index (χ3v) is 2.29. The zero-order chi connectivity index (χ0) is 14.8. The molecule has 0 radical (unpaired) electrons. The Morgan fingerprint density at radius 3 is 2.16 bits per heavy atom. The molecule has 108 valence electrons. The predicted octanol–water partition coefficient (Wildman–Crippen LogP) is 3.23. The zero-order valence-corrected chi connectivity index (χ0v) is 9.70. The maximum absolute atomic E-state index is 12.8. The van der Waals surface area contributed by atoms with Gasteiger partial charge in [-0.2, -0.15) is 13.2 Å². The number of hydrogen-bond acceptors (Lipinski definition) is 3. The van der Waals surface area contributed by atoms with Crippen LogP contribution >= 0.6 is 11.6 Å². The fraction of sp³-hybridized carbons (Fsp3) is 0.444. The third-order valence-electron chi connectivity index (χ3n) is 2.03. The number of halogens is 7. The summed E-state index contributed by atoms with van der Waals surface area (Å²) < 4.78 is 77.7. The zero-order valence-electron chi connectivity index (χ0n) is 8.94. The van der Waals surface area contributed by atoms with Crippen molar-refractivity contribution in [2.24, 2.45) is 0 Å². The lowest BCUT2D eigenvalue weighted by atomic mass is 10.1. The van der Waals surface area contributed by atoms with Crippen LogP contribution < -0.4 is 4.74 Å². The lowest BCUT2D eigenvalue weighted by molar-refractivity contribution is -0.276. The molecular weight excluding hydrogens is 304 g/mol. The van der Waals surface area contributed by atoms with Gasteiger partial charge in [0, 0.05) is 5.56 Å². The molecule has 1 aromatic heterocycles. The number of aliphatic hydroxyl groups is 1. The first-order valence-electron chi connectivity index (χ1n) is 4.60. The smallest absolute Gasteiger partial charge is 0.403 e. The summed E-state index contributed by atoms with van der Waals surface area (Å²) in [6, 6.07) is 0. The molecule has 0 spiro atoms. The molecule has 1 N–H and O–H groups in total. The van der Waals surface area contributed by atoms with Gasteiger partial charge in [0.15, 0.2) is 5.75 Å². The molecule has 0 aliphatic rings. The van der Waals surface area contributed by atoms with Crippen molar-refractivity contribution in [3.63, 3.8) is 0 Å². The molecule has 0 bridgehead atoms. The largest absolute Gasteiger partial charge is 0.573 e. The summed E-state index contributed by atoms with van der Waals surface area (Å²) in [5.41, 5.74) is -2.91. The lowest BCUT2D eigenvalue weighted by Gasteiger charge is -2.19. The molecule has 0 atom stereocenters. The number of nitrogens with zero attached hydrogens (tertiary/aromatic N) is 1. The topological polar surface area (TPSA) is 42.4 Å². The quantitative estimate of drug-likeness (QED) is 0.688. The number of pyridine rings is 1. The van der Waals surface area contributed by atoms with Gasteiger partial charge in [0.2, 0.25) is 0 Å². The van der Waals surface area contributed by atoms with Crippen LogP contribution in [0, 0.1) is 0 Å². The van der Waals surface area contributed by atoms with Gasteiger partial charge >= 0.3 is 12.5 Å². The summed E-state index contributed by atoms with van der Waals surface area (Å²) in [4.78, 5) is 3.27. The highest BCUT2D eigenvalue weighted by Crippen LogP contribution is 2.41. The van der Waals surface area contributed by atoms with Crippen molar-refractivity contribution in [2.75, 3.05) is 0 Å². The third kappa shape index (κ3) is 3.87. The van der Waals surface area contributed by atoms with E-state index >= 15 is 0 Å². The van der Waals surface area contributed by atoms with E-state index in [9.17, 15) is 26.3 Å². The van der Waals surface area contributed by atoms with Gasteiger partial charge in [-0.3, -0.25) is 4.98 Å². The van der Waals surface area contributed by atoms with Crippen molar-refractivity contribution in [1.29, 1.82) is 0 Å². The Hall–Kier alpha value is -1.22. The number of hydrogen-bond donors (Lipinski definition) is 1. The van der Waals surface area contributed by atoms with E-state index in [1.54, 1.807) is 0 Å². The molecule has 0 aromatic carbocycles. The van der Waals surface area contributed by atoms with Crippen molar-refractivity contribution in [3.05, 3.63) is 23.0 Å². The van der Waals surface area contributed by atoms with E-state index in [-0.39, 0.29) is 6.20 Å². The summed E-state index contributed by atoms with van der Waals surface area (Å²) >= 11 is 5.28. The number of aromatic nitrogens is 1. The number of rotatable bonds is 3. The standard InChI is InChI=1S/C9H6ClF6NO2/c10-1-4-5(3-18)17-2-6(19-9(14,15)16)7(4)8(11,12)13/h2,18H,1,3H2. The van der Waals surface area contributed by atoms with Crippen LogP contribution in [-0.2, 0) is 18.7 Å². The van der Waals surface area contributed by atoms with Crippen LogP contribution in [-0.4, -0.2) is 16.5 Å². The van der Waals surface area contributed by atoms with E-state index in [0.29, 0.717) is 0 Å². The van der Waals surface area contributed by atoms with E-state index in [1.165, 1.54) is 0 Å². The molecular formula is C9H6ClF6NO2. The molecule has 0 aliphatic heterocycles. The van der Waals surface area contributed by atoms with Gasteiger partial charge in [0.25, 0.3) is 0 Å². The lowest BCUT2D eigenvalue weighted by Crippen LogP contribution is -2.22. The van der Waals surface area contributed by atoms with Gasteiger partial charge in [-0.15, -0.1) is 24.8 Å². The summed E-state index contributed by atoms with van der Waals surface area (Å²) in [6.45, 7) is -0.891. The fourth-order valence-electron chi connectivity index (χ4n) is 1.37. The number of ether oxygens (including phenoxy) is 1. The monoisotopic (exact) mass is 309 g/mol. The Labute approximate surface area is 107 Å². The molecule has 19 heavy (non-hydrogen) atoms. The van der Waals surface area contributed by atoms with Crippen LogP contribution in [0.15, 0.2) is 6.20 Å². The number of aliphatic hydroxyl groups excluding tert-OH is 1. The van der Waals surface area contributed by atoms with E-state index in [0.717, 1.165) is 0 Å². The van der Waals surface area contributed by atoms with Gasteiger partial charge in [-0.1, -0.05) is 0 Å². The SMILES string of the molecule is OCc1ncc(OC(F)(F)F)c(C(F)(F)F)c1CCl. The Bertz CT molecular complexity index is 459. The van der Waals surface area contributed by atoms with E-state index in [2.05, 4.69) is 9.72 Å². The van der Waals surface area contributed by atoms with Gasteiger partial charge in [0.05, 0.1) is 24.4 Å². The second-order valence-corrected chi connectivity index (χ2v) is 3.53. The molecule has 1 rings (SSSR count). The van der Waals surface area contributed by atoms with Gasteiger partial charge in [0.1, 0.15) is 5.56 Å². The van der Waals surface area contributed by atoms with Crippen LogP contribution in [0.25, 0.3) is 0 Å². The fourth-order valence-corrected chi connectivity index (χ4v) is 1.65. The van der Waals surface area contributed by atoms with E-state index in [1.807, 2.05) is 0 Å². The highest BCUT2D eigenvalue weighted by molar-refractivity contribution is 6.17. The second kappa shape index (κ2) is 5.41. The molecule has 0 amide bonds. The minimum atomic E-state index is -5.30. The van der Waals surface area contributed by atoms with Crippen molar-refractivity contribution in [1.82, 2.24) is 4.98 Å². The Kier molecular flexibility index (Phi) is 4.51. The average Bonchev–Trinajstić information content (AvgIpc) is 2.24. The van der Waals surface area contributed by atoms with Gasteiger partial charge < -0.3 is 9.84 Å². The van der Waals surface area contributed by atoms with E-state index < -0.39 is 47.6 Å². The average molecular weight is 310 g/mol. The maximum atomic E-state index is 12.8. The Balaban J connectivity index is 3.48. The molecule has 0 saturated heterocycles. The maximum Gasteiger partial charge on any atom is 0.573 e. The molecule has 1 heterocycles. The van der Waals surface area contributed by atoms with Crippen LogP contribution in [0.4, 0.5) is 26.3 Å². The minimum Gasteiger partial charge on any atom is -0.403 e. The Morgan fingerprint density at radius 1 is 1.21 bits per heavy atom. The summed E-state index contributed by atoms with van der Waals surface area (Å²) in [6.07, 6.45) is -10.2. The number of alkyl halides is 7. The molecule has 0 unspecified atom stereocenters. The van der Waals surface area contributed by atoms with E-state index in [4.69, 9.17) is 16.7 Å². The first-order chi connectivity index (χ1) is 8.60. The second-order valence-electron chi connectivity index (χ2n) is 3.26. The first-order valence-corrected chi connectivity index (χ1v) is 5.14. The highest BCUT2D eigenvalue weighted by atomic mass is 35.5. The molecule has 3 nitrogen and oxygen atoms in total. The van der Waals surface area contributed by atoms with Crippen LogP contribution in [0.3, 0.4) is 0 Å². The van der Waals surface area contributed by atoms with Crippen molar-refractivity contribution < 1.29 is 36.2 Å². The predicted molar refractivity (Wildman–Crippen MR) is 51.4 cm³/mol. The molecule has 0 saturated carbocycles. The summed E-state index contributed by atoms with van der Waals surface area (Å²) in [7, 11) is 0. The van der Waals surface area contributed by atoms with Crippen molar-refractivity contribution in [3.8, 4) is 5.75 Å². The van der Waals surface area contributed by atoms with Gasteiger partial charge in [-0.25, -0.2) is 0 Å². The summed E-state index contributed by atoms with van der Waals surface area (Å²) in [5.74, 6) is -2.28. The van der Waals surface area contributed by atoms with Crippen molar-refractivity contribution in [2.45, 2.75) is 25.0 Å². The molecule has 10 heteroatoms. The van der Waals surface area contributed by atoms with Gasteiger partial charge in [-0.05, 0) is 0 Å². The molecule has 1 aromatic rings. The highest BCUT2D eigenvalue weighted by Gasteiger charge is 2.42. The summed E-state index contributed by atoms with van der Waals surface area (Å²) in [5, 5.41) is 8.81. The van der Waals surface area contributed by atoms with Crippen molar-refractivity contribution >= 4 is 11.6 Å². The van der Waals surface area contributed by atoms with Crippen LogP contribution in [0.5, 0.6) is 5.75 Å². The van der Waals surface area contributed by atoms with Crippen LogP contribution in [0.1, 0.15) is 16.8 Å². The van der Waals surface area contributed by atoms with Crippen LogP contribution in [0.2, 0.25) is 0 Å². The Morgan fingerprint density at radius 2 is 1.79 bits per heavy atom. The normalized spacial score (nSPS) is 12.6. The first kappa shape index (κ1) is 15.8.